The number of rotatable bonds is 8. The van der Waals surface area contributed by atoms with E-state index in [4.69, 9.17) is 11.6 Å². The summed E-state index contributed by atoms with van der Waals surface area (Å²) in [6.07, 6.45) is 4.69. The third-order valence-electron chi connectivity index (χ3n) is 3.57. The molecular formula is C19H21ClN2O3S. The van der Waals surface area contributed by atoms with E-state index < -0.39 is 10.0 Å². The monoisotopic (exact) mass is 392 g/mol. The van der Waals surface area contributed by atoms with Crippen molar-refractivity contribution in [3.8, 4) is 0 Å². The van der Waals surface area contributed by atoms with E-state index in [-0.39, 0.29) is 10.8 Å². The van der Waals surface area contributed by atoms with Crippen LogP contribution in [0.15, 0.2) is 59.5 Å². The zero-order chi connectivity index (χ0) is 19.0. The standard InChI is InChI=1S/C19H21ClN2O3S/c1-2-3-14-21-26(24,25)17-11-9-16(10-12-17)22-19(23)13-8-15-6-4-5-7-18(15)20/h4-13,21H,2-3,14H2,1H3,(H,22,23). The molecule has 0 unspecified atom stereocenters. The zero-order valence-corrected chi connectivity index (χ0v) is 16.0. The number of hydrogen-bond donors (Lipinski definition) is 2. The average molecular weight is 393 g/mol. The molecule has 26 heavy (non-hydrogen) atoms. The highest BCUT2D eigenvalue weighted by molar-refractivity contribution is 7.89. The predicted octanol–water partition coefficient (Wildman–Crippen LogP) is 4.07. The molecule has 2 aromatic rings. The van der Waals surface area contributed by atoms with E-state index in [1.165, 1.54) is 18.2 Å². The molecule has 0 aliphatic heterocycles. The van der Waals surface area contributed by atoms with E-state index >= 15 is 0 Å². The van der Waals surface area contributed by atoms with E-state index in [1.54, 1.807) is 30.3 Å². The van der Waals surface area contributed by atoms with E-state index in [9.17, 15) is 13.2 Å². The molecule has 2 N–H and O–H groups in total. The van der Waals surface area contributed by atoms with Crippen LogP contribution < -0.4 is 10.0 Å². The lowest BCUT2D eigenvalue weighted by Gasteiger charge is -2.07. The molecule has 0 bridgehead atoms. The maximum Gasteiger partial charge on any atom is 0.248 e. The number of benzene rings is 2. The van der Waals surface area contributed by atoms with Crippen molar-refractivity contribution in [1.82, 2.24) is 4.72 Å². The Morgan fingerprint density at radius 2 is 1.81 bits per heavy atom. The summed E-state index contributed by atoms with van der Waals surface area (Å²) >= 11 is 6.03. The lowest BCUT2D eigenvalue weighted by molar-refractivity contribution is -0.111. The van der Waals surface area contributed by atoms with Crippen LogP contribution in [-0.2, 0) is 14.8 Å². The fourth-order valence-electron chi connectivity index (χ4n) is 2.14. The summed E-state index contributed by atoms with van der Waals surface area (Å²) < 4.78 is 26.8. The molecule has 1 amide bonds. The molecule has 0 fully saturated rings. The first-order chi connectivity index (χ1) is 12.4. The van der Waals surface area contributed by atoms with Gasteiger partial charge in [0.1, 0.15) is 0 Å². The van der Waals surface area contributed by atoms with Crippen LogP contribution in [0.3, 0.4) is 0 Å². The molecule has 0 saturated heterocycles. The van der Waals surface area contributed by atoms with Gasteiger partial charge in [0.25, 0.3) is 0 Å². The molecule has 138 valence electrons. The van der Waals surface area contributed by atoms with Gasteiger partial charge in [-0.05, 0) is 48.4 Å². The summed E-state index contributed by atoms with van der Waals surface area (Å²) in [6, 6.07) is 13.2. The number of carbonyl (C=O) groups excluding carboxylic acids is 1. The molecular weight excluding hydrogens is 372 g/mol. The predicted molar refractivity (Wildman–Crippen MR) is 106 cm³/mol. The van der Waals surface area contributed by atoms with Crippen molar-refractivity contribution in [3.63, 3.8) is 0 Å². The Hall–Kier alpha value is -2.15. The van der Waals surface area contributed by atoms with Gasteiger partial charge in [-0.15, -0.1) is 0 Å². The number of anilines is 1. The Bertz CT molecular complexity index is 878. The van der Waals surface area contributed by atoms with Gasteiger partial charge in [0, 0.05) is 23.3 Å². The van der Waals surface area contributed by atoms with Gasteiger partial charge in [0.15, 0.2) is 0 Å². The van der Waals surface area contributed by atoms with Crippen LogP contribution >= 0.6 is 11.6 Å². The summed E-state index contributed by atoms with van der Waals surface area (Å²) in [5.74, 6) is -0.332. The zero-order valence-electron chi connectivity index (χ0n) is 14.4. The fourth-order valence-corrected chi connectivity index (χ4v) is 3.42. The molecule has 0 aliphatic carbocycles. The van der Waals surface area contributed by atoms with Crippen LogP contribution in [0, 0.1) is 0 Å². The first kappa shape index (κ1) is 20.2. The van der Waals surface area contributed by atoms with Crippen LogP contribution in [0.4, 0.5) is 5.69 Å². The molecule has 0 saturated carbocycles. The van der Waals surface area contributed by atoms with E-state index in [1.807, 2.05) is 19.1 Å². The van der Waals surface area contributed by atoms with Crippen molar-refractivity contribution in [1.29, 1.82) is 0 Å². The van der Waals surface area contributed by atoms with Crippen LogP contribution in [0.5, 0.6) is 0 Å². The first-order valence-corrected chi connectivity index (χ1v) is 10.1. The third-order valence-corrected chi connectivity index (χ3v) is 5.40. The van der Waals surface area contributed by atoms with Gasteiger partial charge >= 0.3 is 0 Å². The Labute approximate surface area is 159 Å². The quantitative estimate of drug-likeness (QED) is 0.525. The number of halogens is 1. The number of hydrogen-bond acceptors (Lipinski definition) is 3. The van der Waals surface area contributed by atoms with E-state index in [0.717, 1.165) is 18.4 Å². The average Bonchev–Trinajstić information content (AvgIpc) is 2.61. The molecule has 0 radical (unpaired) electrons. The number of unbranched alkanes of at least 4 members (excludes halogenated alkanes) is 1. The van der Waals surface area contributed by atoms with E-state index in [0.29, 0.717) is 17.3 Å². The second kappa shape index (κ2) is 9.52. The van der Waals surface area contributed by atoms with E-state index in [2.05, 4.69) is 10.0 Å². The minimum Gasteiger partial charge on any atom is -0.323 e. The Morgan fingerprint density at radius 1 is 1.12 bits per heavy atom. The van der Waals surface area contributed by atoms with Crippen molar-refractivity contribution >= 4 is 39.3 Å². The third kappa shape index (κ3) is 5.98. The van der Waals surface area contributed by atoms with Crippen molar-refractivity contribution < 1.29 is 13.2 Å². The second-order valence-electron chi connectivity index (χ2n) is 5.62. The summed E-state index contributed by atoms with van der Waals surface area (Å²) in [5.41, 5.74) is 1.25. The Kier molecular flexibility index (Phi) is 7.38. The minimum absolute atomic E-state index is 0.165. The van der Waals surface area contributed by atoms with Gasteiger partial charge in [-0.25, -0.2) is 13.1 Å². The molecule has 0 atom stereocenters. The summed E-state index contributed by atoms with van der Waals surface area (Å²) in [5, 5.41) is 3.24. The number of nitrogens with one attached hydrogen (secondary N) is 2. The van der Waals surface area contributed by atoms with Gasteiger partial charge < -0.3 is 5.32 Å². The number of amides is 1. The number of sulfonamides is 1. The second-order valence-corrected chi connectivity index (χ2v) is 7.79. The van der Waals surface area contributed by atoms with Gasteiger partial charge in [0.2, 0.25) is 15.9 Å². The summed E-state index contributed by atoms with van der Waals surface area (Å²) in [4.78, 5) is 12.1. The lowest BCUT2D eigenvalue weighted by Crippen LogP contribution is -2.24. The normalized spacial score (nSPS) is 11.6. The molecule has 7 heteroatoms. The maximum absolute atomic E-state index is 12.1. The Morgan fingerprint density at radius 3 is 2.46 bits per heavy atom. The molecule has 2 aromatic carbocycles. The van der Waals surface area contributed by atoms with Crippen LogP contribution in [0.1, 0.15) is 25.3 Å². The number of carbonyl (C=O) groups is 1. The maximum atomic E-state index is 12.1. The lowest BCUT2D eigenvalue weighted by atomic mass is 10.2. The van der Waals surface area contributed by atoms with Crippen molar-refractivity contribution in [3.05, 3.63) is 65.2 Å². The minimum atomic E-state index is -3.52. The topological polar surface area (TPSA) is 75.3 Å². The summed E-state index contributed by atoms with van der Waals surface area (Å²) in [7, 11) is -3.52. The van der Waals surface area contributed by atoms with Gasteiger partial charge in [-0.2, -0.15) is 0 Å². The largest absolute Gasteiger partial charge is 0.323 e. The van der Waals surface area contributed by atoms with Crippen molar-refractivity contribution in [2.24, 2.45) is 0 Å². The molecule has 5 nitrogen and oxygen atoms in total. The molecule has 0 aliphatic rings. The SMILES string of the molecule is CCCCNS(=O)(=O)c1ccc(NC(=O)C=Cc2ccccc2Cl)cc1. The molecule has 0 heterocycles. The first-order valence-electron chi connectivity index (χ1n) is 8.25. The Balaban J connectivity index is 1.98. The van der Waals surface area contributed by atoms with Crippen LogP contribution in [0.25, 0.3) is 6.08 Å². The highest BCUT2D eigenvalue weighted by Crippen LogP contribution is 2.17. The molecule has 0 aromatic heterocycles. The molecule has 0 spiro atoms. The van der Waals surface area contributed by atoms with Crippen molar-refractivity contribution in [2.75, 3.05) is 11.9 Å². The smallest absolute Gasteiger partial charge is 0.248 e. The molecule has 2 rings (SSSR count). The van der Waals surface area contributed by atoms with Crippen molar-refractivity contribution in [2.45, 2.75) is 24.7 Å². The van der Waals surface area contributed by atoms with Gasteiger partial charge in [-0.3, -0.25) is 4.79 Å². The van der Waals surface area contributed by atoms with Crippen LogP contribution in [0.2, 0.25) is 5.02 Å². The fraction of sp³-hybridized carbons (Fsp3) is 0.211. The summed E-state index contributed by atoms with van der Waals surface area (Å²) in [6.45, 7) is 2.40. The van der Waals surface area contributed by atoms with Crippen LogP contribution in [-0.4, -0.2) is 20.9 Å². The highest BCUT2D eigenvalue weighted by Gasteiger charge is 2.12. The van der Waals surface area contributed by atoms with Gasteiger partial charge in [0.05, 0.1) is 4.90 Å². The van der Waals surface area contributed by atoms with Gasteiger partial charge in [-0.1, -0.05) is 43.1 Å². The highest BCUT2D eigenvalue weighted by atomic mass is 35.5.